The number of carbonyl (C=O) groups is 3. The number of aliphatic hydroxyl groups is 12. The molecule has 0 radical (unpaired) electrons. The van der Waals surface area contributed by atoms with Gasteiger partial charge in [-0.1, -0.05) is 54.5 Å². The van der Waals surface area contributed by atoms with E-state index in [1.54, 1.807) is 0 Å². The van der Waals surface area contributed by atoms with Crippen molar-refractivity contribution >= 4 is 17.7 Å². The number of hydrogen-bond acceptors (Lipinski definition) is 24. The number of esters is 1. The summed E-state index contributed by atoms with van der Waals surface area (Å²) >= 11 is 0. The topological polar surface area (TPSA) is 397 Å². The van der Waals surface area contributed by atoms with Crippen molar-refractivity contribution < 1.29 is 123 Å². The number of Topliss-reactive ketones (excluding diaryl/α,β-unsaturated/α-hetero) is 1. The normalized spacial score (nSPS) is 51.9. The highest BCUT2D eigenvalue weighted by Crippen LogP contribution is 2.75. The lowest BCUT2D eigenvalue weighted by atomic mass is 9.34. The average Bonchev–Trinajstić information content (AvgIpc) is 3.40. The van der Waals surface area contributed by atoms with Crippen LogP contribution in [-0.4, -0.2) is 238 Å². The van der Waals surface area contributed by atoms with Crippen molar-refractivity contribution in [3.63, 3.8) is 0 Å². The van der Waals surface area contributed by atoms with Crippen molar-refractivity contribution in [1.82, 2.24) is 0 Å². The highest BCUT2D eigenvalue weighted by atomic mass is 16.8. The summed E-state index contributed by atoms with van der Waals surface area (Å²) in [4.78, 5) is 41.1. The zero-order chi connectivity index (χ0) is 58.7. The molecular formula is C55H86O25. The molecule has 0 amide bonds. The van der Waals surface area contributed by atoms with E-state index in [4.69, 9.17) is 42.6 Å². The predicted molar refractivity (Wildman–Crippen MR) is 269 cm³/mol. The monoisotopic (exact) mass is 1150 g/mol. The Kier molecular flexibility index (Phi) is 17.4. The van der Waals surface area contributed by atoms with Crippen LogP contribution in [0, 0.1) is 44.8 Å². The zero-order valence-corrected chi connectivity index (χ0v) is 46.6. The first-order valence-electron chi connectivity index (χ1n) is 28.2. The van der Waals surface area contributed by atoms with Gasteiger partial charge in [-0.2, -0.15) is 0 Å². The molecule has 9 aliphatic rings. The van der Waals surface area contributed by atoms with Crippen LogP contribution in [0.3, 0.4) is 0 Å². The largest absolute Gasteiger partial charge is 0.479 e. The van der Waals surface area contributed by atoms with E-state index in [1.807, 2.05) is 13.8 Å². The van der Waals surface area contributed by atoms with E-state index in [1.165, 1.54) is 6.92 Å². The molecule has 0 spiro atoms. The fraction of sp³-hybridized carbons (Fsp3) is 0.909. The number of ether oxygens (including phenoxy) is 9. The van der Waals surface area contributed by atoms with E-state index >= 15 is 0 Å². The lowest BCUT2D eigenvalue weighted by molar-refractivity contribution is -0.401. The molecule has 25 nitrogen and oxygen atoms in total. The van der Waals surface area contributed by atoms with Gasteiger partial charge in [0.1, 0.15) is 103 Å². The van der Waals surface area contributed by atoms with E-state index in [0.29, 0.717) is 51.4 Å². The third-order valence-corrected chi connectivity index (χ3v) is 21.0. The van der Waals surface area contributed by atoms with E-state index in [9.17, 15) is 80.8 Å². The summed E-state index contributed by atoms with van der Waals surface area (Å²) in [5.41, 5.74) is -2.45. The van der Waals surface area contributed by atoms with E-state index in [2.05, 4.69) is 40.7 Å². The van der Waals surface area contributed by atoms with Gasteiger partial charge in [0, 0.05) is 18.8 Å². The molecule has 13 N–H and O–H groups in total. The number of allylic oxidation sites excluding steroid dienone is 1. The molecule has 0 aromatic carbocycles. The summed E-state index contributed by atoms with van der Waals surface area (Å²) in [6, 6.07) is 0. The van der Waals surface area contributed by atoms with Crippen molar-refractivity contribution in [2.24, 2.45) is 44.8 Å². The summed E-state index contributed by atoms with van der Waals surface area (Å²) in [5.74, 6) is -2.55. The molecule has 80 heavy (non-hydrogen) atoms. The lowest BCUT2D eigenvalue weighted by Gasteiger charge is -2.71. The van der Waals surface area contributed by atoms with Gasteiger partial charge in [0.25, 0.3) is 0 Å². The van der Waals surface area contributed by atoms with Gasteiger partial charge in [0.05, 0.1) is 31.8 Å². The Hall–Kier alpha value is -2.45. The SMILES string of the molecule is CC(=O)O[C@@]12CC(C)(C)CC[C@@H]1C(=O)C[C@]1(C)C2=CC[C@@H]2[C@@]3(C)CC[C@H](O[C@@H]4O[C@H](C(=O)O)[C@@H](O[C@@H]5O[C@H](CO)[C@@H](O)[C@H](O)[C@H]5O[C@@H]5O[C@H](CO)[C@@H](O)[C@H](O)[C@H]5O)[C@H](O)[C@H]4O[C@H]4O[C@H](CO)[C@@H](O)[C@H](O)[C@H]4O)C(C)(C)[C@@H]3CC[C@]21C. The van der Waals surface area contributed by atoms with E-state index < -0.39 is 188 Å². The maximum absolute atomic E-state index is 14.6. The van der Waals surface area contributed by atoms with Gasteiger partial charge in [0.15, 0.2) is 31.3 Å². The standard InChI is InChI=1S/C55H86O25/c1-22(59)80-55-21-50(2,3)14-11-23(55)24(60)17-54(8)30(55)10-9-29-52(6)15-13-31(51(4,5)28(52)12-16-53(29,54)7)75-49-43(78-47-39(68)36(65)33(62)26(19-57)73-47)40(69)41(44(79-49)45(70)71)76-48-42(37(66)34(63)27(20-58)74-48)77-46-38(67)35(64)32(61)25(18-56)72-46/h10,23,25-29,31-44,46-49,56-58,61-69H,9,11-21H2,1-8H3,(H,70,71)/t23-,25-,26-,27-,28+,29-,31+,32-,33-,34-,35+,36+,37+,38-,39-,40+,41+,42-,43-,44+,46+,47-,48+,49-,52+,53-,54-,55+/m1/s1. The minimum absolute atomic E-state index is 0.0305. The summed E-state index contributed by atoms with van der Waals surface area (Å²) < 4.78 is 54.6. The van der Waals surface area contributed by atoms with Gasteiger partial charge in [-0.05, 0) is 90.4 Å². The van der Waals surface area contributed by atoms with E-state index in [0.717, 1.165) is 12.0 Å². The van der Waals surface area contributed by atoms with Crippen LogP contribution in [-0.2, 0) is 57.0 Å². The van der Waals surface area contributed by atoms with Crippen molar-refractivity contribution in [1.29, 1.82) is 0 Å². The van der Waals surface area contributed by atoms with Crippen LogP contribution in [0.25, 0.3) is 0 Å². The smallest absolute Gasteiger partial charge is 0.335 e. The van der Waals surface area contributed by atoms with Gasteiger partial charge in [-0.25, -0.2) is 4.79 Å². The molecule has 4 saturated carbocycles. The van der Waals surface area contributed by atoms with Gasteiger partial charge in [0.2, 0.25) is 0 Å². The number of aliphatic hydroxyl groups excluding tert-OH is 12. The molecule has 25 heteroatoms. The van der Waals surface area contributed by atoms with Crippen molar-refractivity contribution in [2.75, 3.05) is 19.8 Å². The molecule has 8 fully saturated rings. The van der Waals surface area contributed by atoms with E-state index in [-0.39, 0.29) is 28.4 Å². The summed E-state index contributed by atoms with van der Waals surface area (Å²) in [5, 5.41) is 140. The molecule has 0 bridgehead atoms. The molecular weight excluding hydrogens is 1060 g/mol. The molecule has 0 unspecified atom stereocenters. The quantitative estimate of drug-likeness (QED) is 0.0541. The lowest BCUT2D eigenvalue weighted by Crippen LogP contribution is -2.69. The Labute approximate surface area is 464 Å². The number of carbonyl (C=O) groups excluding carboxylic acids is 2. The van der Waals surface area contributed by atoms with Gasteiger partial charge in [-0.15, -0.1) is 0 Å². The maximum atomic E-state index is 14.6. The van der Waals surface area contributed by atoms with Crippen LogP contribution in [0.1, 0.15) is 113 Å². The molecule has 28 atom stereocenters. The van der Waals surface area contributed by atoms with Gasteiger partial charge < -0.3 is 109 Å². The molecule has 4 saturated heterocycles. The second kappa shape index (κ2) is 22.4. The number of carboxylic acids is 1. The highest BCUT2D eigenvalue weighted by Gasteiger charge is 2.72. The Bertz CT molecular complexity index is 2300. The second-order valence-corrected chi connectivity index (χ2v) is 26.5. The van der Waals surface area contributed by atoms with Gasteiger partial charge >= 0.3 is 11.9 Å². The molecule has 9 rings (SSSR count). The molecule has 0 aromatic heterocycles. The number of hydrogen-bond donors (Lipinski definition) is 13. The fourth-order valence-electron chi connectivity index (χ4n) is 16.7. The first kappa shape index (κ1) is 62.1. The third-order valence-electron chi connectivity index (χ3n) is 21.0. The zero-order valence-electron chi connectivity index (χ0n) is 46.6. The molecule has 0 aromatic rings. The molecule has 456 valence electrons. The minimum atomic E-state index is -2.23. The fourth-order valence-corrected chi connectivity index (χ4v) is 16.7. The van der Waals surface area contributed by atoms with Crippen LogP contribution >= 0.6 is 0 Å². The van der Waals surface area contributed by atoms with Crippen LogP contribution in [0.4, 0.5) is 0 Å². The Morgan fingerprint density at radius 2 is 1.10 bits per heavy atom. The van der Waals surface area contributed by atoms with Crippen molar-refractivity contribution in [3.05, 3.63) is 11.6 Å². The first-order chi connectivity index (χ1) is 37.4. The average molecular weight is 1150 g/mol. The van der Waals surface area contributed by atoms with Crippen LogP contribution < -0.4 is 0 Å². The van der Waals surface area contributed by atoms with Crippen molar-refractivity contribution in [3.8, 4) is 0 Å². The number of ketones is 1. The first-order valence-corrected chi connectivity index (χ1v) is 28.2. The summed E-state index contributed by atoms with van der Waals surface area (Å²) in [7, 11) is 0. The number of rotatable bonds is 13. The molecule has 4 aliphatic heterocycles. The van der Waals surface area contributed by atoms with Crippen LogP contribution in [0.5, 0.6) is 0 Å². The maximum Gasteiger partial charge on any atom is 0.335 e. The Morgan fingerprint density at radius 3 is 1.64 bits per heavy atom. The number of fused-ring (bicyclic) bond motifs is 7. The summed E-state index contributed by atoms with van der Waals surface area (Å²) in [6.07, 6.45) is -32.2. The molecule has 5 aliphatic carbocycles. The highest BCUT2D eigenvalue weighted by molar-refractivity contribution is 5.87. The van der Waals surface area contributed by atoms with Gasteiger partial charge in [-0.3, -0.25) is 9.59 Å². The molecule has 4 heterocycles. The number of aliphatic carboxylic acids is 1. The Balaban J connectivity index is 1.02. The predicted octanol–water partition coefficient (Wildman–Crippen LogP) is -1.97. The van der Waals surface area contributed by atoms with Crippen LogP contribution in [0.15, 0.2) is 11.6 Å². The third kappa shape index (κ3) is 10.1. The summed E-state index contributed by atoms with van der Waals surface area (Å²) in [6.45, 7) is 13.8. The van der Waals surface area contributed by atoms with Crippen LogP contribution in [0.2, 0.25) is 0 Å². The second-order valence-electron chi connectivity index (χ2n) is 26.5. The number of carboxylic acid groups (broad SMARTS) is 1. The minimum Gasteiger partial charge on any atom is -0.479 e. The van der Waals surface area contributed by atoms with Crippen molar-refractivity contribution in [2.45, 2.75) is 248 Å². The Morgan fingerprint density at radius 1 is 0.588 bits per heavy atom.